The van der Waals surface area contributed by atoms with Crippen LogP contribution in [0.5, 0.6) is 0 Å². The van der Waals surface area contributed by atoms with E-state index in [1.807, 2.05) is 11.0 Å². The Morgan fingerprint density at radius 3 is 2.20 bits per heavy atom. The molecule has 0 fully saturated rings. The Hall–Kier alpha value is -4.56. The zero-order valence-corrected chi connectivity index (χ0v) is 23.0. The topological polar surface area (TPSA) is 161 Å². The van der Waals surface area contributed by atoms with Crippen LogP contribution in [-0.4, -0.2) is 59.9 Å². The van der Waals surface area contributed by atoms with E-state index in [1.165, 1.54) is 4.90 Å². The number of non-ortho nitro benzene ring substituents is 1. The lowest BCUT2D eigenvalue weighted by atomic mass is 10.1. The molecule has 40 heavy (non-hydrogen) atoms. The molecular formula is C26H23BrN6O7. The molecule has 0 atom stereocenters. The van der Waals surface area contributed by atoms with Crippen LogP contribution >= 0.6 is 15.9 Å². The van der Waals surface area contributed by atoms with E-state index < -0.39 is 21.2 Å². The molecule has 3 aromatic carbocycles. The Labute approximate surface area is 236 Å². The van der Waals surface area contributed by atoms with E-state index in [2.05, 4.69) is 26.2 Å². The first-order valence-corrected chi connectivity index (χ1v) is 12.8. The van der Waals surface area contributed by atoms with Crippen LogP contribution in [0, 0.1) is 27.2 Å². The monoisotopic (exact) mass is 610 g/mol. The summed E-state index contributed by atoms with van der Waals surface area (Å²) in [5, 5.41) is 30.7. The van der Waals surface area contributed by atoms with Gasteiger partial charge in [-0.1, -0.05) is 12.1 Å². The number of azo groups is 1. The quantitative estimate of drug-likeness (QED) is 0.115. The molecule has 3 aromatic rings. The number of amides is 2. The van der Waals surface area contributed by atoms with Gasteiger partial charge in [0.2, 0.25) is 0 Å². The molecule has 13 nitrogen and oxygen atoms in total. The second-order valence-electron chi connectivity index (χ2n) is 8.77. The fraction of sp³-hybridized carbons (Fsp3) is 0.231. The van der Waals surface area contributed by atoms with Gasteiger partial charge in [-0.15, -0.1) is 10.2 Å². The minimum Gasteiger partial charge on any atom is -0.383 e. The fourth-order valence-electron chi connectivity index (χ4n) is 4.20. The lowest BCUT2D eigenvalue weighted by molar-refractivity contribution is -0.393. The number of anilines is 1. The molecule has 1 aliphatic heterocycles. The van der Waals surface area contributed by atoms with Crippen molar-refractivity contribution >= 4 is 56.2 Å². The van der Waals surface area contributed by atoms with Crippen LogP contribution < -0.4 is 4.90 Å². The molecule has 0 unspecified atom stereocenters. The summed E-state index contributed by atoms with van der Waals surface area (Å²) in [5.74, 6) is -0.656. The number of rotatable bonds is 11. The largest absolute Gasteiger partial charge is 0.383 e. The van der Waals surface area contributed by atoms with Gasteiger partial charge in [0.15, 0.2) is 5.69 Å². The number of hydrogen-bond acceptors (Lipinski definition) is 10. The number of imide groups is 1. The van der Waals surface area contributed by atoms with E-state index in [0.717, 1.165) is 17.8 Å². The Morgan fingerprint density at radius 2 is 1.62 bits per heavy atom. The summed E-state index contributed by atoms with van der Waals surface area (Å²) in [6, 6.07) is 14.0. The summed E-state index contributed by atoms with van der Waals surface area (Å²) in [5.41, 5.74) is 1.53. The van der Waals surface area contributed by atoms with Crippen LogP contribution in [0.4, 0.5) is 28.4 Å². The van der Waals surface area contributed by atoms with Crippen LogP contribution in [-0.2, 0) is 4.74 Å². The maximum Gasteiger partial charge on any atom is 0.304 e. The Bertz CT molecular complexity index is 1510. The highest BCUT2D eigenvalue weighted by molar-refractivity contribution is 9.10. The summed E-state index contributed by atoms with van der Waals surface area (Å²) in [6.45, 7) is 3.21. The highest BCUT2D eigenvalue weighted by atomic mass is 79.9. The van der Waals surface area contributed by atoms with Crippen molar-refractivity contribution in [3.63, 3.8) is 0 Å². The standard InChI is InChI=1S/C26H23BrN6O7/c1-16-13-17(7-8-22(16)28-29-24-21(27)14-18(32(36)37)15-23(24)33(38)39)30(11-12-40-2)9-10-31-25(34)19-5-3-4-6-20(19)26(31)35/h3-8,13-15H,9-12H2,1-2H3. The number of methoxy groups -OCH3 is 1. The summed E-state index contributed by atoms with van der Waals surface area (Å²) >= 11 is 3.11. The van der Waals surface area contributed by atoms with Crippen LogP contribution in [0.15, 0.2) is 69.3 Å². The lowest BCUT2D eigenvalue weighted by Gasteiger charge is -2.27. The molecule has 4 rings (SSSR count). The first-order valence-electron chi connectivity index (χ1n) is 12.0. The molecule has 0 N–H and O–H groups in total. The van der Waals surface area contributed by atoms with Crippen molar-refractivity contribution in [1.82, 2.24) is 4.90 Å². The molecule has 14 heteroatoms. The molecule has 0 saturated carbocycles. The SMILES string of the molecule is COCCN(CCN1C(=O)c2ccccc2C1=O)c1ccc(N=Nc2c(Br)cc([N+](=O)[O-])cc2[N+](=O)[O-])c(C)c1. The average Bonchev–Trinajstić information content (AvgIpc) is 3.17. The first kappa shape index (κ1) is 28.4. The van der Waals surface area contributed by atoms with E-state index in [9.17, 15) is 29.8 Å². The highest BCUT2D eigenvalue weighted by Crippen LogP contribution is 2.40. The van der Waals surface area contributed by atoms with Gasteiger partial charge in [-0.2, -0.15) is 0 Å². The molecule has 0 saturated heterocycles. The minimum atomic E-state index is -0.760. The van der Waals surface area contributed by atoms with Gasteiger partial charge in [-0.3, -0.25) is 34.7 Å². The third kappa shape index (κ3) is 5.87. The zero-order chi connectivity index (χ0) is 29.0. The predicted molar refractivity (Wildman–Crippen MR) is 149 cm³/mol. The molecule has 1 aliphatic rings. The molecular weight excluding hydrogens is 588 g/mol. The van der Waals surface area contributed by atoms with Gasteiger partial charge in [-0.05, 0) is 58.7 Å². The van der Waals surface area contributed by atoms with Crippen molar-refractivity contribution in [2.45, 2.75) is 6.92 Å². The Kier molecular flexibility index (Phi) is 8.60. The van der Waals surface area contributed by atoms with Crippen LogP contribution in [0.25, 0.3) is 0 Å². The van der Waals surface area contributed by atoms with Crippen molar-refractivity contribution in [3.8, 4) is 0 Å². The summed E-state index contributed by atoms with van der Waals surface area (Å²) in [4.78, 5) is 49.8. The van der Waals surface area contributed by atoms with Gasteiger partial charge in [0.05, 0.1) is 43.8 Å². The van der Waals surface area contributed by atoms with Gasteiger partial charge in [-0.25, -0.2) is 0 Å². The van der Waals surface area contributed by atoms with Crippen LogP contribution in [0.3, 0.4) is 0 Å². The Balaban J connectivity index is 1.55. The fourth-order valence-corrected chi connectivity index (χ4v) is 4.72. The summed E-state index contributed by atoms with van der Waals surface area (Å²) in [7, 11) is 1.58. The average molecular weight is 611 g/mol. The third-order valence-electron chi connectivity index (χ3n) is 6.28. The molecule has 1 heterocycles. The van der Waals surface area contributed by atoms with Gasteiger partial charge in [0.25, 0.3) is 17.5 Å². The second-order valence-corrected chi connectivity index (χ2v) is 9.62. The van der Waals surface area contributed by atoms with Gasteiger partial charge in [0.1, 0.15) is 0 Å². The summed E-state index contributed by atoms with van der Waals surface area (Å²) in [6.07, 6.45) is 0. The van der Waals surface area contributed by atoms with Crippen molar-refractivity contribution in [2.75, 3.05) is 38.3 Å². The molecule has 206 valence electrons. The van der Waals surface area contributed by atoms with Crippen LogP contribution in [0.1, 0.15) is 26.3 Å². The van der Waals surface area contributed by atoms with Crippen molar-refractivity contribution in [2.24, 2.45) is 10.2 Å². The minimum absolute atomic E-state index is 0.0605. The number of ether oxygens (including phenoxy) is 1. The molecule has 0 aromatic heterocycles. The number of aryl methyl sites for hydroxylation is 1. The number of carbonyl (C=O) groups is 2. The molecule has 0 aliphatic carbocycles. The van der Waals surface area contributed by atoms with Crippen molar-refractivity contribution < 1.29 is 24.2 Å². The number of hydrogen-bond donors (Lipinski definition) is 0. The molecule has 0 radical (unpaired) electrons. The summed E-state index contributed by atoms with van der Waals surface area (Å²) < 4.78 is 5.30. The third-order valence-corrected chi connectivity index (χ3v) is 6.88. The number of fused-ring (bicyclic) bond motifs is 1. The van der Waals surface area contributed by atoms with Gasteiger partial charge < -0.3 is 9.64 Å². The van der Waals surface area contributed by atoms with E-state index in [0.29, 0.717) is 42.1 Å². The molecule has 0 spiro atoms. The van der Waals surface area contributed by atoms with Gasteiger partial charge in [0, 0.05) is 38.5 Å². The maximum absolute atomic E-state index is 12.8. The zero-order valence-electron chi connectivity index (χ0n) is 21.4. The maximum atomic E-state index is 12.8. The normalized spacial score (nSPS) is 12.7. The smallest absolute Gasteiger partial charge is 0.304 e. The number of nitrogens with zero attached hydrogens (tertiary/aromatic N) is 6. The van der Waals surface area contributed by atoms with Crippen LogP contribution in [0.2, 0.25) is 0 Å². The van der Waals surface area contributed by atoms with E-state index in [4.69, 9.17) is 4.74 Å². The molecule has 2 amide bonds. The Morgan fingerprint density at radius 1 is 0.950 bits per heavy atom. The predicted octanol–water partition coefficient (Wildman–Crippen LogP) is 5.74. The number of halogens is 1. The van der Waals surface area contributed by atoms with Gasteiger partial charge >= 0.3 is 5.69 Å². The number of nitro benzene ring substituents is 2. The number of nitro groups is 2. The lowest BCUT2D eigenvalue weighted by Crippen LogP contribution is -2.39. The molecule has 0 bridgehead atoms. The van der Waals surface area contributed by atoms with Crippen molar-refractivity contribution in [3.05, 3.63) is 96.0 Å². The first-order chi connectivity index (χ1) is 19.1. The van der Waals surface area contributed by atoms with E-state index in [1.54, 1.807) is 50.4 Å². The number of benzene rings is 3. The highest BCUT2D eigenvalue weighted by Gasteiger charge is 2.35. The van der Waals surface area contributed by atoms with Crippen molar-refractivity contribution in [1.29, 1.82) is 0 Å². The van der Waals surface area contributed by atoms with E-state index >= 15 is 0 Å². The second kappa shape index (κ2) is 12.1. The van der Waals surface area contributed by atoms with E-state index in [-0.39, 0.29) is 28.5 Å². The number of carbonyl (C=O) groups excluding carboxylic acids is 2.